The molecule has 0 heterocycles. The third-order valence-electron chi connectivity index (χ3n) is 13.1. The number of allylic oxidation sites excluding steroid dienone is 4. The number of rotatable bonds is 51. The van der Waals surface area contributed by atoms with E-state index in [0.717, 1.165) is 57.8 Å². The zero-order valence-corrected chi connectivity index (χ0v) is 42.5. The summed E-state index contributed by atoms with van der Waals surface area (Å²) < 4.78 is 5.92. The van der Waals surface area contributed by atoms with Crippen molar-refractivity contribution in [2.24, 2.45) is 0 Å². The monoisotopic (exact) mass is 888 g/mol. The van der Waals surface area contributed by atoms with Crippen LogP contribution < -0.4 is 5.32 Å². The van der Waals surface area contributed by atoms with Crippen LogP contribution in [0.1, 0.15) is 303 Å². The van der Waals surface area contributed by atoms with Gasteiger partial charge >= 0.3 is 5.97 Å². The summed E-state index contributed by atoms with van der Waals surface area (Å²) in [5, 5.41) is 23.8. The Kier molecular flexibility index (Phi) is 50.0. The molecule has 0 saturated heterocycles. The average molecular weight is 889 g/mol. The van der Waals surface area contributed by atoms with Crippen LogP contribution >= 0.6 is 0 Å². The van der Waals surface area contributed by atoms with Crippen molar-refractivity contribution >= 4 is 11.9 Å². The van der Waals surface area contributed by atoms with E-state index in [1.807, 2.05) is 0 Å². The minimum Gasteiger partial charge on any atom is -0.462 e. The van der Waals surface area contributed by atoms with Gasteiger partial charge in [-0.05, 0) is 44.9 Å². The number of ether oxygens (including phenoxy) is 1. The number of unbranched alkanes of at least 4 members (excludes halogenated alkanes) is 36. The maximum Gasteiger partial charge on any atom is 0.306 e. The first-order valence-electron chi connectivity index (χ1n) is 28.1. The standard InChI is InChI=1S/C57H109NO5/c1-4-7-10-13-16-19-22-25-28-29-31-34-37-40-43-46-49-55(60)54(52-59)58-56(61)51-53(48-45-42-39-36-33-30-26-23-20-17-14-11-8-5-2)63-57(62)50-47-44-41-38-35-32-27-24-21-18-15-12-9-6-3/h30,33,36,39,53-55,59-60H,4-29,31-32,34-35,37-38,40-52H2,1-3H3,(H,58,61)/b33-30+,39-36+. The Hall–Kier alpha value is -1.66. The normalized spacial score (nSPS) is 13.3. The summed E-state index contributed by atoms with van der Waals surface area (Å²) >= 11 is 0. The molecule has 0 aromatic rings. The van der Waals surface area contributed by atoms with Crippen LogP contribution in [0.2, 0.25) is 0 Å². The first-order chi connectivity index (χ1) is 31.0. The molecule has 63 heavy (non-hydrogen) atoms. The molecule has 0 rings (SSSR count). The molecule has 0 bridgehead atoms. The summed E-state index contributed by atoms with van der Waals surface area (Å²) in [5.74, 6) is -0.504. The van der Waals surface area contributed by atoms with E-state index in [0.29, 0.717) is 19.3 Å². The van der Waals surface area contributed by atoms with Gasteiger partial charge in [-0.1, -0.05) is 270 Å². The number of hydrogen-bond acceptors (Lipinski definition) is 5. The van der Waals surface area contributed by atoms with Gasteiger partial charge in [0, 0.05) is 6.42 Å². The van der Waals surface area contributed by atoms with Crippen molar-refractivity contribution in [1.29, 1.82) is 0 Å². The second kappa shape index (κ2) is 51.3. The molecule has 0 aromatic carbocycles. The zero-order valence-electron chi connectivity index (χ0n) is 42.5. The molecule has 3 N–H and O–H groups in total. The summed E-state index contributed by atoms with van der Waals surface area (Å²) in [7, 11) is 0. The number of aliphatic hydroxyl groups is 2. The fourth-order valence-electron chi connectivity index (χ4n) is 8.78. The smallest absolute Gasteiger partial charge is 0.306 e. The third kappa shape index (κ3) is 46.7. The molecule has 0 aromatic heterocycles. The molecule has 0 radical (unpaired) electrons. The maximum absolute atomic E-state index is 13.2. The van der Waals surface area contributed by atoms with Gasteiger partial charge in [-0.2, -0.15) is 0 Å². The Morgan fingerprint density at radius 2 is 0.810 bits per heavy atom. The third-order valence-corrected chi connectivity index (χ3v) is 13.1. The van der Waals surface area contributed by atoms with E-state index in [1.54, 1.807) is 0 Å². The van der Waals surface area contributed by atoms with Crippen molar-refractivity contribution in [3.05, 3.63) is 24.3 Å². The van der Waals surface area contributed by atoms with Gasteiger partial charge in [-0.3, -0.25) is 9.59 Å². The molecule has 6 heteroatoms. The molecule has 0 aliphatic rings. The highest BCUT2D eigenvalue weighted by molar-refractivity contribution is 5.77. The Balaban J connectivity index is 4.56. The summed E-state index contributed by atoms with van der Waals surface area (Å²) in [5.41, 5.74) is 0. The van der Waals surface area contributed by atoms with Crippen molar-refractivity contribution in [1.82, 2.24) is 5.32 Å². The molecule has 0 spiro atoms. The Bertz CT molecular complexity index is 997. The Morgan fingerprint density at radius 3 is 1.21 bits per heavy atom. The summed E-state index contributed by atoms with van der Waals surface area (Å²) in [6.07, 6.45) is 59.6. The summed E-state index contributed by atoms with van der Waals surface area (Å²) in [4.78, 5) is 26.2. The van der Waals surface area contributed by atoms with Gasteiger partial charge in [0.2, 0.25) is 5.91 Å². The Morgan fingerprint density at radius 1 is 0.460 bits per heavy atom. The number of hydrogen-bond donors (Lipinski definition) is 3. The van der Waals surface area contributed by atoms with Crippen LogP contribution in [0.25, 0.3) is 0 Å². The first kappa shape index (κ1) is 61.3. The second-order valence-corrected chi connectivity index (χ2v) is 19.4. The zero-order chi connectivity index (χ0) is 45.9. The van der Waals surface area contributed by atoms with Crippen LogP contribution in [0.15, 0.2) is 24.3 Å². The van der Waals surface area contributed by atoms with E-state index in [9.17, 15) is 19.8 Å². The molecule has 3 atom stereocenters. The SMILES string of the molecule is CCCCCCCCC/C=C/C=C/CCCC(CC(=O)NC(CO)C(O)CCCCCCCCCCCCCCCCCC)OC(=O)CCCCCCCCCCCCCCCC. The molecule has 0 fully saturated rings. The molecular formula is C57H109NO5. The molecular weight excluding hydrogens is 779 g/mol. The number of carbonyl (C=O) groups excluding carboxylic acids is 2. The van der Waals surface area contributed by atoms with E-state index >= 15 is 0 Å². The van der Waals surface area contributed by atoms with Gasteiger partial charge in [-0.25, -0.2) is 0 Å². The average Bonchev–Trinajstić information content (AvgIpc) is 3.28. The van der Waals surface area contributed by atoms with Crippen LogP contribution in [-0.4, -0.2) is 46.9 Å². The summed E-state index contributed by atoms with van der Waals surface area (Å²) in [6.45, 7) is 6.50. The van der Waals surface area contributed by atoms with E-state index in [-0.39, 0.29) is 24.9 Å². The highest BCUT2D eigenvalue weighted by Crippen LogP contribution is 2.18. The topological polar surface area (TPSA) is 95.9 Å². The highest BCUT2D eigenvalue weighted by atomic mass is 16.5. The molecule has 6 nitrogen and oxygen atoms in total. The minimum atomic E-state index is -0.795. The predicted molar refractivity (Wildman–Crippen MR) is 273 cm³/mol. The molecule has 1 amide bonds. The number of aliphatic hydroxyl groups excluding tert-OH is 2. The molecule has 372 valence electrons. The number of amides is 1. The number of nitrogens with one attached hydrogen (secondary N) is 1. The van der Waals surface area contributed by atoms with E-state index in [2.05, 4.69) is 50.4 Å². The van der Waals surface area contributed by atoms with Crippen LogP contribution in [0.5, 0.6) is 0 Å². The van der Waals surface area contributed by atoms with Crippen LogP contribution in [0.3, 0.4) is 0 Å². The fraction of sp³-hybridized carbons (Fsp3) is 0.895. The van der Waals surface area contributed by atoms with Gasteiger partial charge in [0.25, 0.3) is 0 Å². The highest BCUT2D eigenvalue weighted by Gasteiger charge is 2.24. The van der Waals surface area contributed by atoms with Gasteiger partial charge < -0.3 is 20.3 Å². The maximum atomic E-state index is 13.2. The van der Waals surface area contributed by atoms with Crippen molar-refractivity contribution in [3.63, 3.8) is 0 Å². The number of carbonyl (C=O) groups is 2. The van der Waals surface area contributed by atoms with E-state index in [1.165, 1.54) is 199 Å². The predicted octanol–water partition coefficient (Wildman–Crippen LogP) is 17.1. The van der Waals surface area contributed by atoms with Gasteiger partial charge in [-0.15, -0.1) is 0 Å². The van der Waals surface area contributed by atoms with Crippen molar-refractivity contribution in [2.75, 3.05) is 6.61 Å². The lowest BCUT2D eigenvalue weighted by Gasteiger charge is -2.24. The van der Waals surface area contributed by atoms with Crippen molar-refractivity contribution in [3.8, 4) is 0 Å². The minimum absolute atomic E-state index is 0.0504. The van der Waals surface area contributed by atoms with Gasteiger partial charge in [0.05, 0.1) is 25.2 Å². The lowest BCUT2D eigenvalue weighted by Crippen LogP contribution is -2.46. The van der Waals surface area contributed by atoms with Crippen LogP contribution in [0.4, 0.5) is 0 Å². The molecule has 0 aliphatic carbocycles. The Labute approximate surface area is 392 Å². The van der Waals surface area contributed by atoms with Crippen molar-refractivity contribution in [2.45, 2.75) is 322 Å². The molecule has 0 saturated carbocycles. The first-order valence-corrected chi connectivity index (χ1v) is 28.1. The quantitative estimate of drug-likeness (QED) is 0.0321. The van der Waals surface area contributed by atoms with E-state index < -0.39 is 18.2 Å². The van der Waals surface area contributed by atoms with Crippen molar-refractivity contribution < 1.29 is 24.5 Å². The summed E-state index contributed by atoms with van der Waals surface area (Å²) in [6, 6.07) is -0.712. The van der Waals surface area contributed by atoms with Crippen LogP contribution in [0, 0.1) is 0 Å². The number of esters is 1. The van der Waals surface area contributed by atoms with E-state index in [4.69, 9.17) is 4.74 Å². The van der Waals surface area contributed by atoms with Gasteiger partial charge in [0.15, 0.2) is 0 Å². The van der Waals surface area contributed by atoms with Gasteiger partial charge in [0.1, 0.15) is 6.10 Å². The molecule has 3 unspecified atom stereocenters. The fourth-order valence-corrected chi connectivity index (χ4v) is 8.78. The molecule has 0 aliphatic heterocycles. The lowest BCUT2D eigenvalue weighted by atomic mass is 10.0. The largest absolute Gasteiger partial charge is 0.462 e. The lowest BCUT2D eigenvalue weighted by molar-refractivity contribution is -0.151. The van der Waals surface area contributed by atoms with Crippen LogP contribution in [-0.2, 0) is 14.3 Å². The second-order valence-electron chi connectivity index (χ2n) is 19.4.